The fourth-order valence-corrected chi connectivity index (χ4v) is 3.97. The molecule has 1 aromatic heterocycles. The molecule has 4 nitrogen and oxygen atoms in total. The van der Waals surface area contributed by atoms with Crippen LogP contribution < -0.4 is 5.32 Å². The molecule has 0 radical (unpaired) electrons. The first-order chi connectivity index (χ1) is 10.3. The molecule has 0 bridgehead atoms. The van der Waals surface area contributed by atoms with Crippen molar-refractivity contribution in [3.05, 3.63) is 56.8 Å². The zero-order valence-corrected chi connectivity index (χ0v) is 12.5. The molecular formula is C16H18N2O2S. The summed E-state index contributed by atoms with van der Waals surface area (Å²) in [6, 6.07) is 11.2. The molecule has 0 saturated heterocycles. The summed E-state index contributed by atoms with van der Waals surface area (Å²) in [5, 5.41) is 16.7. The molecule has 3 rings (SSSR count). The Bertz CT molecular complexity index is 606. The van der Waals surface area contributed by atoms with E-state index in [4.69, 9.17) is 0 Å². The minimum atomic E-state index is -0.317. The fraction of sp³-hybridized carbons (Fsp3) is 0.375. The van der Waals surface area contributed by atoms with E-state index in [1.54, 1.807) is 29.5 Å². The van der Waals surface area contributed by atoms with E-state index in [2.05, 4.69) is 16.8 Å². The van der Waals surface area contributed by atoms with E-state index in [1.807, 2.05) is 12.1 Å². The standard InChI is InChI=1S/C16H18N2O2S/c19-18(20)14-9-4-3-8-13(14)17-16(12-6-1-2-7-12)15-10-5-11-21-15/h3-5,8-12,16-17H,1-2,6-7H2. The smallest absolute Gasteiger partial charge is 0.292 e. The average molecular weight is 302 g/mol. The van der Waals surface area contributed by atoms with Crippen molar-refractivity contribution >= 4 is 22.7 Å². The molecule has 1 atom stereocenters. The van der Waals surface area contributed by atoms with Crippen LogP contribution in [-0.2, 0) is 0 Å². The molecule has 0 aliphatic heterocycles. The van der Waals surface area contributed by atoms with Crippen LogP contribution in [-0.4, -0.2) is 4.92 Å². The first-order valence-corrected chi connectivity index (χ1v) is 8.17. The normalized spacial score (nSPS) is 16.8. The Balaban J connectivity index is 1.90. The number of nitro benzene ring substituents is 1. The summed E-state index contributed by atoms with van der Waals surface area (Å²) in [6.07, 6.45) is 4.89. The van der Waals surface area contributed by atoms with Gasteiger partial charge < -0.3 is 5.32 Å². The predicted octanol–water partition coefficient (Wildman–Crippen LogP) is 5.00. The van der Waals surface area contributed by atoms with Gasteiger partial charge >= 0.3 is 0 Å². The number of hydrogen-bond acceptors (Lipinski definition) is 4. The van der Waals surface area contributed by atoms with Crippen molar-refractivity contribution in [3.63, 3.8) is 0 Å². The molecule has 1 saturated carbocycles. The van der Waals surface area contributed by atoms with Crippen LogP contribution in [0.15, 0.2) is 41.8 Å². The van der Waals surface area contributed by atoms with Gasteiger partial charge in [-0.05, 0) is 36.3 Å². The van der Waals surface area contributed by atoms with E-state index in [9.17, 15) is 10.1 Å². The average Bonchev–Trinajstić information content (AvgIpc) is 3.18. The number of hydrogen-bond donors (Lipinski definition) is 1. The topological polar surface area (TPSA) is 55.2 Å². The van der Waals surface area contributed by atoms with Gasteiger partial charge in [-0.3, -0.25) is 10.1 Å². The van der Waals surface area contributed by atoms with E-state index >= 15 is 0 Å². The Labute approximate surface area is 128 Å². The van der Waals surface area contributed by atoms with Crippen LogP contribution in [0.1, 0.15) is 36.6 Å². The lowest BCUT2D eigenvalue weighted by Crippen LogP contribution is -2.18. The van der Waals surface area contributed by atoms with Gasteiger partial charge in [0.05, 0.1) is 11.0 Å². The van der Waals surface area contributed by atoms with Crippen molar-refractivity contribution in [2.75, 3.05) is 5.32 Å². The van der Waals surface area contributed by atoms with Gasteiger partial charge in [0, 0.05) is 10.9 Å². The lowest BCUT2D eigenvalue weighted by atomic mass is 9.96. The van der Waals surface area contributed by atoms with E-state index in [0.29, 0.717) is 11.6 Å². The monoisotopic (exact) mass is 302 g/mol. The van der Waals surface area contributed by atoms with Crippen molar-refractivity contribution in [3.8, 4) is 0 Å². The number of benzene rings is 1. The molecule has 1 N–H and O–H groups in total. The van der Waals surface area contributed by atoms with Gasteiger partial charge in [0.2, 0.25) is 0 Å². The summed E-state index contributed by atoms with van der Waals surface area (Å²) in [5.74, 6) is 0.559. The van der Waals surface area contributed by atoms with Crippen LogP contribution in [0.25, 0.3) is 0 Å². The van der Waals surface area contributed by atoms with Crippen LogP contribution in [0.5, 0.6) is 0 Å². The summed E-state index contributed by atoms with van der Waals surface area (Å²) in [4.78, 5) is 12.1. The molecule has 1 heterocycles. The Morgan fingerprint density at radius 3 is 2.62 bits per heavy atom. The maximum Gasteiger partial charge on any atom is 0.292 e. The molecule has 1 aliphatic carbocycles. The number of para-hydroxylation sites is 2. The number of nitrogens with zero attached hydrogens (tertiary/aromatic N) is 1. The molecule has 1 unspecified atom stereocenters. The fourth-order valence-electron chi connectivity index (χ4n) is 3.10. The summed E-state index contributed by atoms with van der Waals surface area (Å²) in [5.41, 5.74) is 0.768. The molecule has 110 valence electrons. The van der Waals surface area contributed by atoms with Gasteiger partial charge in [0.25, 0.3) is 5.69 Å². The second-order valence-electron chi connectivity index (χ2n) is 5.46. The van der Waals surface area contributed by atoms with Gasteiger partial charge in [-0.25, -0.2) is 0 Å². The summed E-state index contributed by atoms with van der Waals surface area (Å²) < 4.78 is 0. The van der Waals surface area contributed by atoms with Gasteiger partial charge in [0.1, 0.15) is 5.69 Å². The van der Waals surface area contributed by atoms with Crippen molar-refractivity contribution in [1.29, 1.82) is 0 Å². The van der Waals surface area contributed by atoms with E-state index in [-0.39, 0.29) is 16.7 Å². The lowest BCUT2D eigenvalue weighted by molar-refractivity contribution is -0.384. The highest BCUT2D eigenvalue weighted by Crippen LogP contribution is 2.40. The zero-order valence-electron chi connectivity index (χ0n) is 11.7. The van der Waals surface area contributed by atoms with E-state index in [0.717, 1.165) is 0 Å². The second-order valence-corrected chi connectivity index (χ2v) is 6.44. The molecule has 1 aliphatic rings. The minimum absolute atomic E-state index is 0.150. The number of nitro groups is 1. The number of rotatable bonds is 5. The Kier molecular flexibility index (Phi) is 4.20. The quantitative estimate of drug-likeness (QED) is 0.624. The Morgan fingerprint density at radius 2 is 1.95 bits per heavy atom. The van der Waals surface area contributed by atoms with Gasteiger partial charge in [-0.2, -0.15) is 0 Å². The maximum atomic E-state index is 11.2. The summed E-state index contributed by atoms with van der Waals surface area (Å²) in [6.45, 7) is 0. The molecule has 1 aromatic carbocycles. The van der Waals surface area contributed by atoms with E-state index < -0.39 is 0 Å². The molecule has 0 spiro atoms. The Morgan fingerprint density at radius 1 is 1.19 bits per heavy atom. The van der Waals surface area contributed by atoms with Gasteiger partial charge in [0.15, 0.2) is 0 Å². The third kappa shape index (κ3) is 3.08. The minimum Gasteiger partial charge on any atom is -0.372 e. The highest BCUT2D eigenvalue weighted by Gasteiger charge is 2.28. The highest BCUT2D eigenvalue weighted by atomic mass is 32.1. The van der Waals surface area contributed by atoms with E-state index in [1.165, 1.54) is 30.6 Å². The van der Waals surface area contributed by atoms with Crippen molar-refractivity contribution < 1.29 is 4.92 Å². The molecule has 21 heavy (non-hydrogen) atoms. The summed E-state index contributed by atoms with van der Waals surface area (Å²) >= 11 is 1.72. The molecule has 2 aromatic rings. The van der Waals surface area contributed by atoms with Crippen molar-refractivity contribution in [2.24, 2.45) is 5.92 Å². The third-order valence-corrected chi connectivity index (χ3v) is 5.09. The first kappa shape index (κ1) is 14.1. The highest BCUT2D eigenvalue weighted by molar-refractivity contribution is 7.10. The third-order valence-electron chi connectivity index (χ3n) is 4.13. The molecule has 0 amide bonds. The van der Waals surface area contributed by atoms with Gasteiger partial charge in [-0.1, -0.05) is 31.0 Å². The van der Waals surface area contributed by atoms with Crippen LogP contribution in [0.4, 0.5) is 11.4 Å². The largest absolute Gasteiger partial charge is 0.372 e. The van der Waals surface area contributed by atoms with Crippen LogP contribution in [0.2, 0.25) is 0 Å². The molecule has 5 heteroatoms. The predicted molar refractivity (Wildman–Crippen MR) is 85.7 cm³/mol. The SMILES string of the molecule is O=[N+]([O-])c1ccccc1NC(c1cccs1)C1CCCC1. The van der Waals surface area contributed by atoms with Crippen molar-refractivity contribution in [1.82, 2.24) is 0 Å². The second kappa shape index (κ2) is 6.26. The zero-order chi connectivity index (χ0) is 14.7. The number of anilines is 1. The van der Waals surface area contributed by atoms with Crippen molar-refractivity contribution in [2.45, 2.75) is 31.7 Å². The Hall–Kier alpha value is -1.88. The van der Waals surface area contributed by atoms with Crippen LogP contribution in [0, 0.1) is 16.0 Å². The maximum absolute atomic E-state index is 11.2. The molecular weight excluding hydrogens is 284 g/mol. The summed E-state index contributed by atoms with van der Waals surface area (Å²) in [7, 11) is 0. The first-order valence-electron chi connectivity index (χ1n) is 7.29. The van der Waals surface area contributed by atoms with Crippen LogP contribution >= 0.6 is 11.3 Å². The lowest BCUT2D eigenvalue weighted by Gasteiger charge is -2.24. The number of thiophene rings is 1. The van der Waals surface area contributed by atoms with Gasteiger partial charge in [-0.15, -0.1) is 11.3 Å². The van der Waals surface area contributed by atoms with Crippen LogP contribution in [0.3, 0.4) is 0 Å². The number of nitrogens with one attached hydrogen (secondary N) is 1. The molecule has 1 fully saturated rings.